The van der Waals surface area contributed by atoms with Crippen LogP contribution in [0, 0.1) is 0 Å². The lowest BCUT2D eigenvalue weighted by Crippen LogP contribution is -2.40. The minimum Gasteiger partial charge on any atom is -0.493 e. The molecule has 0 bridgehead atoms. The lowest BCUT2D eigenvalue weighted by molar-refractivity contribution is -0.119. The number of benzene rings is 2. The fourth-order valence-electron chi connectivity index (χ4n) is 3.32. The van der Waals surface area contributed by atoms with E-state index in [2.05, 4.69) is 15.6 Å². The summed E-state index contributed by atoms with van der Waals surface area (Å²) in [4.78, 5) is 40.7. The molecule has 11 nitrogen and oxygen atoms in total. The maximum absolute atomic E-state index is 12.9. The van der Waals surface area contributed by atoms with Crippen molar-refractivity contribution in [3.05, 3.63) is 77.6 Å². The van der Waals surface area contributed by atoms with Crippen molar-refractivity contribution in [3.8, 4) is 11.5 Å². The van der Waals surface area contributed by atoms with Crippen molar-refractivity contribution in [3.63, 3.8) is 0 Å². The molecule has 36 heavy (non-hydrogen) atoms. The van der Waals surface area contributed by atoms with E-state index in [1.165, 1.54) is 26.4 Å². The third-order valence-electron chi connectivity index (χ3n) is 5.01. The van der Waals surface area contributed by atoms with Gasteiger partial charge in [0.15, 0.2) is 17.5 Å². The van der Waals surface area contributed by atoms with Crippen LogP contribution in [-0.4, -0.2) is 49.1 Å². The Morgan fingerprint density at radius 1 is 1.00 bits per heavy atom. The molecule has 0 unspecified atom stereocenters. The number of carbonyl (C=O) groups is 3. The highest BCUT2D eigenvalue weighted by Crippen LogP contribution is 2.27. The van der Waals surface area contributed by atoms with E-state index >= 15 is 0 Å². The van der Waals surface area contributed by atoms with Crippen LogP contribution in [0.5, 0.6) is 11.5 Å². The zero-order valence-electron chi connectivity index (χ0n) is 19.7. The Hall–Kier alpha value is -4.80. The molecule has 3 rings (SSSR count). The Balaban J connectivity index is 1.72. The van der Waals surface area contributed by atoms with Gasteiger partial charge in [0.1, 0.15) is 6.04 Å². The van der Waals surface area contributed by atoms with Gasteiger partial charge in [0.05, 0.1) is 20.6 Å². The van der Waals surface area contributed by atoms with Crippen molar-refractivity contribution in [1.29, 1.82) is 0 Å². The molecule has 3 aromatic rings. The predicted octanol–water partition coefficient (Wildman–Crippen LogP) is 2.22. The summed E-state index contributed by atoms with van der Waals surface area (Å²) in [6.07, 6.45) is 0.155. The summed E-state index contributed by atoms with van der Waals surface area (Å²) in [5.41, 5.74) is 7.41. The second kappa shape index (κ2) is 12.1. The number of furan rings is 1. The molecule has 11 heteroatoms. The van der Waals surface area contributed by atoms with Crippen molar-refractivity contribution >= 4 is 29.6 Å². The van der Waals surface area contributed by atoms with Gasteiger partial charge in [-0.05, 0) is 29.3 Å². The number of aromatic carboxylic acids is 1. The molecule has 1 aromatic heterocycles. The van der Waals surface area contributed by atoms with Gasteiger partial charge in [-0.1, -0.05) is 36.4 Å². The molecular formula is C25H26N4O7. The van der Waals surface area contributed by atoms with Crippen molar-refractivity contribution in [1.82, 2.24) is 5.32 Å². The number of carboxylic acids is 1. The average molecular weight is 495 g/mol. The van der Waals surface area contributed by atoms with Crippen LogP contribution in [0.3, 0.4) is 0 Å². The van der Waals surface area contributed by atoms with Gasteiger partial charge in [-0.3, -0.25) is 20.2 Å². The number of aliphatic imine (C=N–C) groups is 1. The maximum Gasteiger partial charge on any atom is 0.371 e. The van der Waals surface area contributed by atoms with E-state index in [1.807, 2.05) is 30.3 Å². The van der Waals surface area contributed by atoms with E-state index in [0.29, 0.717) is 17.1 Å². The molecule has 0 saturated carbocycles. The number of anilines is 1. The number of nitrogens with zero attached hydrogens (tertiary/aromatic N) is 1. The third kappa shape index (κ3) is 7.10. The standard InChI is InChI=1S/C25H26N4O7/c1-34-18-9-8-16(13-20(18)35-2)14-21(30)28-25(26)27-17(12-15-6-4-3-5-7-15)23(31)29-22-11-10-19(36-22)24(32)33/h3-11,13,17H,12,14H2,1-2H3,(H,29,31)(H,32,33)(H3,26,27,28,30)/t17-/m1/s1. The lowest BCUT2D eigenvalue weighted by Gasteiger charge is -2.14. The highest BCUT2D eigenvalue weighted by Gasteiger charge is 2.21. The molecule has 1 heterocycles. The molecule has 0 aliphatic heterocycles. The summed E-state index contributed by atoms with van der Waals surface area (Å²) in [6, 6.07) is 15.7. The van der Waals surface area contributed by atoms with Crippen LogP contribution < -0.4 is 25.8 Å². The number of amides is 2. The molecule has 1 atom stereocenters. The molecule has 0 aliphatic carbocycles. The van der Waals surface area contributed by atoms with Crippen LogP contribution in [-0.2, 0) is 22.4 Å². The number of ether oxygens (including phenoxy) is 2. The second-order valence-corrected chi connectivity index (χ2v) is 7.59. The van der Waals surface area contributed by atoms with E-state index in [0.717, 1.165) is 5.56 Å². The molecule has 188 valence electrons. The normalized spacial score (nSPS) is 11.9. The lowest BCUT2D eigenvalue weighted by atomic mass is 10.1. The first-order valence-corrected chi connectivity index (χ1v) is 10.8. The van der Waals surface area contributed by atoms with Gasteiger partial charge in [0.2, 0.25) is 17.6 Å². The zero-order valence-corrected chi connectivity index (χ0v) is 19.7. The molecular weight excluding hydrogens is 468 g/mol. The molecule has 2 amide bonds. The Morgan fingerprint density at radius 2 is 1.72 bits per heavy atom. The van der Waals surface area contributed by atoms with Gasteiger partial charge in [-0.15, -0.1) is 0 Å². The van der Waals surface area contributed by atoms with Gasteiger partial charge in [-0.2, -0.15) is 0 Å². The van der Waals surface area contributed by atoms with Crippen molar-refractivity contribution in [2.75, 3.05) is 19.5 Å². The van der Waals surface area contributed by atoms with Crippen LogP contribution in [0.4, 0.5) is 5.88 Å². The number of nitrogens with two attached hydrogens (primary N) is 1. The summed E-state index contributed by atoms with van der Waals surface area (Å²) in [6.45, 7) is 0. The van der Waals surface area contributed by atoms with Crippen LogP contribution in [0.25, 0.3) is 0 Å². The molecule has 0 spiro atoms. The first-order valence-electron chi connectivity index (χ1n) is 10.8. The topological polar surface area (TPSA) is 165 Å². The van der Waals surface area contributed by atoms with Crippen LogP contribution >= 0.6 is 0 Å². The quantitative estimate of drug-likeness (QED) is 0.246. The fraction of sp³-hybridized carbons (Fsp3) is 0.200. The summed E-state index contributed by atoms with van der Waals surface area (Å²) in [7, 11) is 3.01. The molecule has 0 saturated heterocycles. The van der Waals surface area contributed by atoms with Gasteiger partial charge < -0.3 is 24.7 Å². The Bertz CT molecular complexity index is 1250. The number of guanidine groups is 1. The van der Waals surface area contributed by atoms with Gasteiger partial charge in [0.25, 0.3) is 5.91 Å². The van der Waals surface area contributed by atoms with Crippen LogP contribution in [0.15, 0.2) is 70.1 Å². The number of rotatable bonds is 10. The summed E-state index contributed by atoms with van der Waals surface area (Å²) >= 11 is 0. The van der Waals surface area contributed by atoms with E-state index in [1.54, 1.807) is 18.2 Å². The van der Waals surface area contributed by atoms with E-state index in [-0.39, 0.29) is 30.4 Å². The Kier molecular flexibility index (Phi) is 8.65. The fourth-order valence-corrected chi connectivity index (χ4v) is 3.32. The number of nitrogens with one attached hydrogen (secondary N) is 2. The molecule has 0 radical (unpaired) electrons. The number of hydrogen-bond acceptors (Lipinski definition) is 7. The van der Waals surface area contributed by atoms with Gasteiger partial charge >= 0.3 is 5.97 Å². The van der Waals surface area contributed by atoms with Crippen molar-refractivity contribution < 1.29 is 33.4 Å². The monoisotopic (exact) mass is 494 g/mol. The van der Waals surface area contributed by atoms with Crippen molar-refractivity contribution in [2.24, 2.45) is 10.7 Å². The van der Waals surface area contributed by atoms with Gasteiger partial charge in [0, 0.05) is 12.5 Å². The number of carboxylic acid groups (broad SMARTS) is 1. The smallest absolute Gasteiger partial charge is 0.371 e. The summed E-state index contributed by atoms with van der Waals surface area (Å²) in [5, 5.41) is 14.0. The maximum atomic E-state index is 12.9. The highest BCUT2D eigenvalue weighted by molar-refractivity contribution is 6.00. The molecule has 2 aromatic carbocycles. The predicted molar refractivity (Wildman–Crippen MR) is 131 cm³/mol. The van der Waals surface area contributed by atoms with E-state index in [9.17, 15) is 14.4 Å². The first kappa shape index (κ1) is 25.8. The summed E-state index contributed by atoms with van der Waals surface area (Å²) in [5.74, 6) is -1.92. The molecule has 0 aliphatic rings. The molecule has 0 fully saturated rings. The SMILES string of the molecule is COc1ccc(CC(=O)NC(N)=N[C@H](Cc2ccccc2)C(=O)Nc2ccc(C(=O)O)o2)cc1OC. The van der Waals surface area contributed by atoms with Crippen LogP contribution in [0.2, 0.25) is 0 Å². The summed E-state index contributed by atoms with van der Waals surface area (Å²) < 4.78 is 15.5. The number of carbonyl (C=O) groups excluding carboxylic acids is 2. The van der Waals surface area contributed by atoms with E-state index < -0.39 is 23.8 Å². The van der Waals surface area contributed by atoms with E-state index in [4.69, 9.17) is 24.7 Å². The third-order valence-corrected chi connectivity index (χ3v) is 5.01. The number of hydrogen-bond donors (Lipinski definition) is 4. The zero-order chi connectivity index (χ0) is 26.1. The van der Waals surface area contributed by atoms with Gasteiger partial charge in [-0.25, -0.2) is 9.79 Å². The minimum absolute atomic E-state index is 0.0174. The largest absolute Gasteiger partial charge is 0.493 e. The Morgan fingerprint density at radius 3 is 2.36 bits per heavy atom. The minimum atomic E-state index is -1.27. The van der Waals surface area contributed by atoms with Crippen LogP contribution in [0.1, 0.15) is 21.7 Å². The molecule has 5 N–H and O–H groups in total. The first-order chi connectivity index (χ1) is 17.3. The number of methoxy groups -OCH3 is 2. The second-order valence-electron chi connectivity index (χ2n) is 7.59. The van der Waals surface area contributed by atoms with Crippen molar-refractivity contribution in [2.45, 2.75) is 18.9 Å². The highest BCUT2D eigenvalue weighted by atomic mass is 16.5. The average Bonchev–Trinajstić information content (AvgIpc) is 3.33. The Labute approximate surface area is 206 Å².